The summed E-state index contributed by atoms with van der Waals surface area (Å²) in [5.41, 5.74) is -1.54. The molecule has 24 heavy (non-hydrogen) atoms. The Balaban J connectivity index is 1.88. The predicted octanol–water partition coefficient (Wildman–Crippen LogP) is 3.88. The van der Waals surface area contributed by atoms with E-state index < -0.39 is 23.6 Å². The lowest BCUT2D eigenvalue weighted by atomic mass is 10.1. The normalized spacial score (nSPS) is 16.8. The molecule has 0 radical (unpaired) electrons. The fraction of sp³-hybridized carbons (Fsp3) is 0.625. The summed E-state index contributed by atoms with van der Waals surface area (Å²) in [7, 11) is 0. The Morgan fingerprint density at radius 1 is 1.21 bits per heavy atom. The second-order valence-corrected chi connectivity index (χ2v) is 6.64. The van der Waals surface area contributed by atoms with E-state index in [2.05, 4.69) is 4.98 Å². The third kappa shape index (κ3) is 5.28. The molecule has 0 spiro atoms. The number of carbonyl (C=O) groups excluding carboxylic acids is 1. The van der Waals surface area contributed by atoms with Crippen molar-refractivity contribution >= 4 is 6.09 Å². The number of piperidine rings is 1. The van der Waals surface area contributed by atoms with Gasteiger partial charge in [0.1, 0.15) is 17.4 Å². The van der Waals surface area contributed by atoms with E-state index in [1.165, 1.54) is 12.1 Å². The van der Waals surface area contributed by atoms with Crippen molar-refractivity contribution in [3.63, 3.8) is 0 Å². The van der Waals surface area contributed by atoms with Crippen molar-refractivity contribution in [1.29, 1.82) is 0 Å². The van der Waals surface area contributed by atoms with Crippen LogP contribution in [0.2, 0.25) is 0 Å². The largest absolute Gasteiger partial charge is 0.474 e. The third-order valence-electron chi connectivity index (χ3n) is 3.40. The maximum atomic E-state index is 12.6. The maximum absolute atomic E-state index is 12.6. The molecule has 1 aromatic heterocycles. The van der Waals surface area contributed by atoms with E-state index in [0.29, 0.717) is 25.9 Å². The first-order valence-electron chi connectivity index (χ1n) is 7.73. The van der Waals surface area contributed by atoms with Gasteiger partial charge in [-0.25, -0.2) is 9.78 Å². The number of nitrogens with zero attached hydrogens (tertiary/aromatic N) is 2. The summed E-state index contributed by atoms with van der Waals surface area (Å²) in [6.45, 7) is 6.23. The molecule has 0 saturated carbocycles. The summed E-state index contributed by atoms with van der Waals surface area (Å²) >= 11 is 0. The first-order chi connectivity index (χ1) is 11.0. The molecule has 0 N–H and O–H groups in total. The second kappa shape index (κ2) is 6.86. The summed E-state index contributed by atoms with van der Waals surface area (Å²) in [5, 5.41) is 0. The van der Waals surface area contributed by atoms with Crippen LogP contribution in [0.1, 0.15) is 39.3 Å². The molecule has 0 atom stereocenters. The average molecular weight is 346 g/mol. The van der Waals surface area contributed by atoms with Crippen LogP contribution in [0.15, 0.2) is 18.2 Å². The number of hydrogen-bond acceptors (Lipinski definition) is 4. The van der Waals surface area contributed by atoms with Gasteiger partial charge in [-0.2, -0.15) is 13.2 Å². The standard InChI is InChI=1S/C16H21F3N2O3/c1-15(2,3)24-14(22)21-9-7-11(8-10-21)23-13-6-4-5-12(20-13)16(17,18)19/h4-6,11H,7-10H2,1-3H3. The van der Waals surface area contributed by atoms with Gasteiger partial charge in [0.15, 0.2) is 0 Å². The highest BCUT2D eigenvalue weighted by Crippen LogP contribution is 2.29. The maximum Gasteiger partial charge on any atom is 0.433 e. The quantitative estimate of drug-likeness (QED) is 0.815. The van der Waals surface area contributed by atoms with Crippen LogP contribution in [-0.4, -0.2) is 40.8 Å². The summed E-state index contributed by atoms with van der Waals surface area (Å²) in [6, 6.07) is 3.56. The number of aromatic nitrogens is 1. The molecule has 2 heterocycles. The SMILES string of the molecule is CC(C)(C)OC(=O)N1CCC(Oc2cccc(C(F)(F)F)n2)CC1. The molecule has 0 aromatic carbocycles. The van der Waals surface area contributed by atoms with Crippen molar-refractivity contribution in [2.45, 2.75) is 51.5 Å². The smallest absolute Gasteiger partial charge is 0.433 e. The van der Waals surface area contributed by atoms with Crippen LogP contribution in [0, 0.1) is 0 Å². The lowest BCUT2D eigenvalue weighted by Crippen LogP contribution is -2.44. The van der Waals surface area contributed by atoms with Crippen molar-refractivity contribution in [3.05, 3.63) is 23.9 Å². The van der Waals surface area contributed by atoms with Gasteiger partial charge < -0.3 is 14.4 Å². The molecule has 1 fully saturated rings. The van der Waals surface area contributed by atoms with E-state index in [0.717, 1.165) is 6.07 Å². The fourth-order valence-corrected chi connectivity index (χ4v) is 2.29. The molecular weight excluding hydrogens is 325 g/mol. The van der Waals surface area contributed by atoms with E-state index >= 15 is 0 Å². The van der Waals surface area contributed by atoms with Crippen molar-refractivity contribution in [2.24, 2.45) is 0 Å². The van der Waals surface area contributed by atoms with E-state index in [1.807, 2.05) is 0 Å². The Hall–Kier alpha value is -1.99. The molecule has 2 rings (SSSR count). The minimum Gasteiger partial charge on any atom is -0.474 e. The molecular formula is C16H21F3N2O3. The zero-order chi connectivity index (χ0) is 18.0. The molecule has 1 aliphatic heterocycles. The molecule has 1 aromatic rings. The van der Waals surface area contributed by atoms with Crippen LogP contribution in [0.5, 0.6) is 5.88 Å². The van der Waals surface area contributed by atoms with Gasteiger partial charge in [0.2, 0.25) is 5.88 Å². The van der Waals surface area contributed by atoms with Crippen molar-refractivity contribution in [2.75, 3.05) is 13.1 Å². The first kappa shape index (κ1) is 18.4. The highest BCUT2D eigenvalue weighted by Gasteiger charge is 2.33. The number of pyridine rings is 1. The number of alkyl halides is 3. The minimum absolute atomic E-state index is 0.0551. The molecule has 1 saturated heterocycles. The monoisotopic (exact) mass is 346 g/mol. The molecule has 8 heteroatoms. The van der Waals surface area contributed by atoms with Gasteiger partial charge in [0.25, 0.3) is 0 Å². The number of halogens is 3. The highest BCUT2D eigenvalue weighted by molar-refractivity contribution is 5.68. The Bertz CT molecular complexity index is 577. The number of hydrogen-bond donors (Lipinski definition) is 0. The van der Waals surface area contributed by atoms with Gasteiger partial charge in [-0.1, -0.05) is 6.07 Å². The number of carbonyl (C=O) groups is 1. The third-order valence-corrected chi connectivity index (χ3v) is 3.40. The highest BCUT2D eigenvalue weighted by atomic mass is 19.4. The van der Waals surface area contributed by atoms with Crippen molar-refractivity contribution in [1.82, 2.24) is 9.88 Å². The molecule has 0 bridgehead atoms. The summed E-state index contributed by atoms with van der Waals surface area (Å²) in [5.74, 6) is -0.0551. The Morgan fingerprint density at radius 2 is 1.83 bits per heavy atom. The average Bonchev–Trinajstić information content (AvgIpc) is 2.45. The van der Waals surface area contributed by atoms with Crippen molar-refractivity contribution in [3.8, 4) is 5.88 Å². The molecule has 5 nitrogen and oxygen atoms in total. The zero-order valence-electron chi connectivity index (χ0n) is 13.9. The van der Waals surface area contributed by atoms with E-state index in [1.54, 1.807) is 25.7 Å². The molecule has 1 amide bonds. The topological polar surface area (TPSA) is 51.7 Å². The van der Waals surface area contributed by atoms with Gasteiger partial charge in [0.05, 0.1) is 0 Å². The summed E-state index contributed by atoms with van der Waals surface area (Å²) in [4.78, 5) is 17.0. The van der Waals surface area contributed by atoms with Crippen LogP contribution < -0.4 is 4.74 Å². The summed E-state index contributed by atoms with van der Waals surface area (Å²) in [6.07, 6.45) is -4.15. The molecule has 1 aliphatic rings. The fourth-order valence-electron chi connectivity index (χ4n) is 2.29. The lowest BCUT2D eigenvalue weighted by molar-refractivity contribution is -0.141. The Kier molecular flexibility index (Phi) is 5.25. The van der Waals surface area contributed by atoms with Crippen LogP contribution >= 0.6 is 0 Å². The number of likely N-dealkylation sites (tertiary alicyclic amines) is 1. The van der Waals surface area contributed by atoms with Gasteiger partial charge in [0, 0.05) is 32.0 Å². The van der Waals surface area contributed by atoms with Gasteiger partial charge in [-0.3, -0.25) is 0 Å². The second-order valence-electron chi connectivity index (χ2n) is 6.64. The predicted molar refractivity (Wildman–Crippen MR) is 80.7 cm³/mol. The van der Waals surface area contributed by atoms with Crippen LogP contribution in [0.4, 0.5) is 18.0 Å². The number of amides is 1. The van der Waals surface area contributed by atoms with Crippen molar-refractivity contribution < 1.29 is 27.4 Å². The molecule has 0 aliphatic carbocycles. The Morgan fingerprint density at radius 3 is 2.38 bits per heavy atom. The van der Waals surface area contributed by atoms with Gasteiger partial charge in [-0.05, 0) is 26.8 Å². The molecule has 134 valence electrons. The van der Waals surface area contributed by atoms with Gasteiger partial charge >= 0.3 is 12.3 Å². The molecule has 0 unspecified atom stereocenters. The van der Waals surface area contributed by atoms with E-state index in [4.69, 9.17) is 9.47 Å². The lowest BCUT2D eigenvalue weighted by Gasteiger charge is -2.33. The van der Waals surface area contributed by atoms with Crippen LogP contribution in [0.25, 0.3) is 0 Å². The van der Waals surface area contributed by atoms with E-state index in [9.17, 15) is 18.0 Å². The van der Waals surface area contributed by atoms with Crippen LogP contribution in [0.3, 0.4) is 0 Å². The number of rotatable bonds is 2. The van der Waals surface area contributed by atoms with Gasteiger partial charge in [-0.15, -0.1) is 0 Å². The zero-order valence-corrected chi connectivity index (χ0v) is 13.9. The first-order valence-corrected chi connectivity index (χ1v) is 7.73. The number of ether oxygens (including phenoxy) is 2. The van der Waals surface area contributed by atoms with E-state index in [-0.39, 0.29) is 12.0 Å². The van der Waals surface area contributed by atoms with Crippen LogP contribution in [-0.2, 0) is 10.9 Å². The Labute approximate surface area is 138 Å². The minimum atomic E-state index is -4.50. The summed E-state index contributed by atoms with van der Waals surface area (Å²) < 4.78 is 48.8.